The molecule has 5 nitrogen and oxygen atoms in total. The lowest BCUT2D eigenvalue weighted by atomic mass is 10.2. The van der Waals surface area contributed by atoms with Gasteiger partial charge >= 0.3 is 0 Å². The van der Waals surface area contributed by atoms with Crippen LogP contribution in [0.3, 0.4) is 0 Å². The van der Waals surface area contributed by atoms with Gasteiger partial charge in [0.2, 0.25) is 0 Å². The minimum Gasteiger partial charge on any atom is -0.282 e. The van der Waals surface area contributed by atoms with Crippen molar-refractivity contribution in [3.63, 3.8) is 0 Å². The molecular formula is C22H21ClN4OS2. The Bertz CT molecular complexity index is 1140. The Kier molecular flexibility index (Phi) is 6.41. The van der Waals surface area contributed by atoms with Gasteiger partial charge in [0.05, 0.1) is 16.3 Å². The number of halogens is 1. The Labute approximate surface area is 188 Å². The third-order valence-electron chi connectivity index (χ3n) is 4.42. The Morgan fingerprint density at radius 1 is 1.20 bits per heavy atom. The number of amides is 1. The van der Waals surface area contributed by atoms with Crippen LogP contribution in [0.15, 0.2) is 65.8 Å². The molecule has 0 atom stereocenters. The topological polar surface area (TPSA) is 51.0 Å². The summed E-state index contributed by atoms with van der Waals surface area (Å²) in [6.07, 6.45) is 3.62. The number of rotatable bonds is 7. The fraction of sp³-hybridized carbons (Fsp3) is 0.227. The van der Waals surface area contributed by atoms with Gasteiger partial charge < -0.3 is 0 Å². The summed E-state index contributed by atoms with van der Waals surface area (Å²) in [6.45, 7) is 5.34. The van der Waals surface area contributed by atoms with Crippen molar-refractivity contribution in [2.45, 2.75) is 30.5 Å². The predicted molar refractivity (Wildman–Crippen MR) is 126 cm³/mol. The predicted octanol–water partition coefficient (Wildman–Crippen LogP) is 5.99. The number of carbonyl (C=O) groups is 1. The number of anilines is 1. The van der Waals surface area contributed by atoms with Crippen LogP contribution in [0, 0.1) is 0 Å². The van der Waals surface area contributed by atoms with Gasteiger partial charge in [0.1, 0.15) is 5.52 Å². The Morgan fingerprint density at radius 3 is 2.67 bits per heavy atom. The van der Waals surface area contributed by atoms with E-state index in [4.69, 9.17) is 11.6 Å². The summed E-state index contributed by atoms with van der Waals surface area (Å²) in [7, 11) is 0. The smallest absolute Gasteiger partial charge is 0.260 e. The summed E-state index contributed by atoms with van der Waals surface area (Å²) in [4.78, 5) is 21.0. The van der Waals surface area contributed by atoms with E-state index in [1.54, 1.807) is 22.9 Å². The summed E-state index contributed by atoms with van der Waals surface area (Å²) >= 11 is 9.56. The first kappa shape index (κ1) is 20.9. The lowest BCUT2D eigenvalue weighted by Gasteiger charge is -2.20. The summed E-state index contributed by atoms with van der Waals surface area (Å²) in [5.74, 6) is -0.0848. The van der Waals surface area contributed by atoms with Crippen molar-refractivity contribution in [3.05, 3.63) is 71.5 Å². The van der Waals surface area contributed by atoms with Gasteiger partial charge in [-0.25, -0.2) is 4.98 Å². The molecule has 2 aromatic carbocycles. The molecule has 0 spiro atoms. The zero-order valence-corrected chi connectivity index (χ0v) is 19.0. The van der Waals surface area contributed by atoms with E-state index >= 15 is 0 Å². The second kappa shape index (κ2) is 9.20. The number of aromatic nitrogens is 3. The van der Waals surface area contributed by atoms with Crippen molar-refractivity contribution in [2.75, 3.05) is 11.4 Å². The van der Waals surface area contributed by atoms with Gasteiger partial charge in [-0.05, 0) is 42.5 Å². The number of para-hydroxylation sites is 1. The van der Waals surface area contributed by atoms with Gasteiger partial charge in [-0.1, -0.05) is 42.9 Å². The first-order valence-corrected chi connectivity index (χ1v) is 11.7. The fourth-order valence-electron chi connectivity index (χ4n) is 3.04. The lowest BCUT2D eigenvalue weighted by Crippen LogP contribution is -2.34. The lowest BCUT2D eigenvalue weighted by molar-refractivity contribution is 0.0985. The quantitative estimate of drug-likeness (QED) is 0.320. The molecule has 0 aliphatic heterocycles. The first-order chi connectivity index (χ1) is 14.5. The van der Waals surface area contributed by atoms with Gasteiger partial charge in [0.15, 0.2) is 5.13 Å². The SMILES string of the molecule is CC(C)Sc1ccc(C(=O)N(CCn2cccn2)c2nc3c(Cl)cccc3s2)cc1. The van der Waals surface area contributed by atoms with Crippen LogP contribution < -0.4 is 4.90 Å². The van der Waals surface area contributed by atoms with Crippen molar-refractivity contribution >= 4 is 56.0 Å². The largest absolute Gasteiger partial charge is 0.282 e. The van der Waals surface area contributed by atoms with Crippen LogP contribution in [-0.2, 0) is 6.54 Å². The van der Waals surface area contributed by atoms with E-state index in [2.05, 4.69) is 23.9 Å². The molecule has 2 aromatic heterocycles. The van der Waals surface area contributed by atoms with E-state index in [9.17, 15) is 4.79 Å². The van der Waals surface area contributed by atoms with E-state index in [1.165, 1.54) is 11.3 Å². The molecule has 8 heteroatoms. The number of hydrogen-bond donors (Lipinski definition) is 0. The third kappa shape index (κ3) is 4.69. The molecule has 0 fully saturated rings. The number of hydrogen-bond acceptors (Lipinski definition) is 5. The molecule has 0 saturated carbocycles. The highest BCUT2D eigenvalue weighted by Gasteiger charge is 2.22. The summed E-state index contributed by atoms with van der Waals surface area (Å²) in [5.41, 5.74) is 1.36. The maximum Gasteiger partial charge on any atom is 0.260 e. The molecule has 0 N–H and O–H groups in total. The molecule has 1 amide bonds. The Morgan fingerprint density at radius 2 is 2.00 bits per heavy atom. The molecule has 30 heavy (non-hydrogen) atoms. The maximum absolute atomic E-state index is 13.4. The van der Waals surface area contributed by atoms with Gasteiger partial charge in [-0.3, -0.25) is 14.4 Å². The molecule has 0 bridgehead atoms. The van der Waals surface area contributed by atoms with Gasteiger partial charge in [0.25, 0.3) is 5.91 Å². The van der Waals surface area contributed by atoms with Crippen LogP contribution in [-0.4, -0.2) is 32.5 Å². The number of thiazole rings is 1. The number of carbonyl (C=O) groups excluding carboxylic acids is 1. The van der Waals surface area contributed by atoms with E-state index in [0.29, 0.717) is 34.1 Å². The zero-order valence-electron chi connectivity index (χ0n) is 16.7. The molecule has 0 saturated heterocycles. The molecule has 0 unspecified atom stereocenters. The van der Waals surface area contributed by atoms with Gasteiger partial charge in [-0.2, -0.15) is 5.10 Å². The second-order valence-electron chi connectivity index (χ2n) is 7.00. The number of benzene rings is 2. The standard InChI is InChI=1S/C22H21ClN4OS2/c1-15(2)29-17-9-7-16(8-10-17)21(28)27(14-13-26-12-4-11-24-26)22-25-20-18(23)5-3-6-19(20)30-22/h3-12,15H,13-14H2,1-2H3. The maximum atomic E-state index is 13.4. The average molecular weight is 457 g/mol. The van der Waals surface area contributed by atoms with E-state index in [0.717, 1.165) is 15.1 Å². The third-order valence-corrected chi connectivity index (χ3v) is 6.78. The molecule has 4 rings (SSSR count). The van der Waals surface area contributed by atoms with Crippen LogP contribution in [0.5, 0.6) is 0 Å². The molecule has 4 aromatic rings. The highest BCUT2D eigenvalue weighted by Crippen LogP contribution is 2.33. The average Bonchev–Trinajstić information content (AvgIpc) is 3.39. The molecular weight excluding hydrogens is 436 g/mol. The molecule has 0 aliphatic carbocycles. The minimum atomic E-state index is -0.0848. The van der Waals surface area contributed by atoms with Gasteiger partial charge in [0, 0.05) is 34.6 Å². The second-order valence-corrected chi connectivity index (χ2v) is 10.1. The highest BCUT2D eigenvalue weighted by atomic mass is 35.5. The summed E-state index contributed by atoms with van der Waals surface area (Å²) in [6, 6.07) is 15.3. The van der Waals surface area contributed by atoms with Crippen LogP contribution in [0.2, 0.25) is 5.02 Å². The molecule has 154 valence electrons. The molecule has 0 radical (unpaired) electrons. The van der Waals surface area contributed by atoms with Crippen molar-refractivity contribution < 1.29 is 4.79 Å². The van der Waals surface area contributed by atoms with Crippen molar-refractivity contribution in [1.82, 2.24) is 14.8 Å². The highest BCUT2D eigenvalue weighted by molar-refractivity contribution is 7.99. The van der Waals surface area contributed by atoms with E-state index in [1.807, 2.05) is 59.4 Å². The fourth-order valence-corrected chi connectivity index (χ4v) is 5.17. The molecule has 0 aliphatic rings. The van der Waals surface area contributed by atoms with Gasteiger partial charge in [-0.15, -0.1) is 11.8 Å². The van der Waals surface area contributed by atoms with Crippen molar-refractivity contribution in [1.29, 1.82) is 0 Å². The monoisotopic (exact) mass is 456 g/mol. The first-order valence-electron chi connectivity index (χ1n) is 9.62. The van der Waals surface area contributed by atoms with E-state index < -0.39 is 0 Å². The van der Waals surface area contributed by atoms with Crippen molar-refractivity contribution in [3.8, 4) is 0 Å². The number of thioether (sulfide) groups is 1. The zero-order chi connectivity index (χ0) is 21.1. The Balaban J connectivity index is 1.65. The Hall–Kier alpha value is -2.35. The summed E-state index contributed by atoms with van der Waals surface area (Å²) in [5, 5.41) is 5.96. The van der Waals surface area contributed by atoms with E-state index in [-0.39, 0.29) is 5.91 Å². The van der Waals surface area contributed by atoms with Crippen molar-refractivity contribution in [2.24, 2.45) is 0 Å². The van der Waals surface area contributed by atoms with Crippen LogP contribution in [0.1, 0.15) is 24.2 Å². The summed E-state index contributed by atoms with van der Waals surface area (Å²) < 4.78 is 2.77. The number of fused-ring (bicyclic) bond motifs is 1. The number of nitrogens with zero attached hydrogens (tertiary/aromatic N) is 4. The van der Waals surface area contributed by atoms with Crippen LogP contribution in [0.4, 0.5) is 5.13 Å². The normalized spacial score (nSPS) is 11.3. The minimum absolute atomic E-state index is 0.0848. The van der Waals surface area contributed by atoms with Crippen LogP contribution >= 0.6 is 34.7 Å². The van der Waals surface area contributed by atoms with Crippen LogP contribution in [0.25, 0.3) is 10.2 Å². The molecule has 2 heterocycles.